The Hall–Kier alpha value is -3.56. The van der Waals surface area contributed by atoms with E-state index in [-0.39, 0.29) is 25.4 Å². The maximum atomic E-state index is 13.6. The van der Waals surface area contributed by atoms with Crippen molar-refractivity contribution in [2.45, 2.75) is 38.5 Å². The van der Waals surface area contributed by atoms with Gasteiger partial charge in [0.25, 0.3) is 5.91 Å². The van der Waals surface area contributed by atoms with Crippen molar-refractivity contribution in [3.8, 4) is 0 Å². The number of nitrogens with one attached hydrogen (secondary N) is 1. The van der Waals surface area contributed by atoms with Gasteiger partial charge in [-0.1, -0.05) is 44.2 Å². The summed E-state index contributed by atoms with van der Waals surface area (Å²) in [6.45, 7) is 4.45. The van der Waals surface area contributed by atoms with Gasteiger partial charge in [0.1, 0.15) is 17.7 Å². The van der Waals surface area contributed by atoms with E-state index in [0.717, 1.165) is 17.7 Å². The second-order valence-electron chi connectivity index (χ2n) is 9.56. The Bertz CT molecular complexity index is 1270. The van der Waals surface area contributed by atoms with E-state index in [1.807, 2.05) is 49.1 Å². The average molecular weight is 471 g/mol. The average Bonchev–Trinajstić information content (AvgIpc) is 3.34. The van der Waals surface area contributed by atoms with Crippen molar-refractivity contribution < 1.29 is 22.8 Å². The maximum Gasteiger partial charge on any atom is 0.416 e. The molecule has 5 rings (SSSR count). The summed E-state index contributed by atoms with van der Waals surface area (Å²) in [5, 5.41) is 2.93. The fourth-order valence-electron chi connectivity index (χ4n) is 5.11. The van der Waals surface area contributed by atoms with E-state index in [4.69, 9.17) is 0 Å². The van der Waals surface area contributed by atoms with E-state index in [1.165, 1.54) is 17.4 Å². The van der Waals surface area contributed by atoms with Crippen molar-refractivity contribution in [1.82, 2.24) is 19.6 Å². The van der Waals surface area contributed by atoms with Gasteiger partial charge in [-0.05, 0) is 24.1 Å². The summed E-state index contributed by atoms with van der Waals surface area (Å²) in [5.74, 6) is 0.0472. The van der Waals surface area contributed by atoms with E-state index in [2.05, 4.69) is 10.3 Å². The number of alkyl halides is 3. The first-order chi connectivity index (χ1) is 16.0. The number of carbonyl (C=O) groups is 2. The number of fused-ring (bicyclic) bond motifs is 1. The summed E-state index contributed by atoms with van der Waals surface area (Å²) in [7, 11) is 0. The lowest BCUT2D eigenvalue weighted by atomic mass is 9.67. The number of carbonyl (C=O) groups excluding carboxylic acids is 2. The number of piperidine rings is 1. The first kappa shape index (κ1) is 22.2. The molecule has 34 heavy (non-hydrogen) atoms. The van der Waals surface area contributed by atoms with Gasteiger partial charge in [0, 0.05) is 18.5 Å². The Morgan fingerprint density at radius 3 is 2.53 bits per heavy atom. The number of imide groups is 1. The predicted octanol–water partition coefficient (Wildman–Crippen LogP) is 4.08. The van der Waals surface area contributed by atoms with Crippen molar-refractivity contribution >= 4 is 23.3 Å². The van der Waals surface area contributed by atoms with Crippen LogP contribution in [0.5, 0.6) is 0 Å². The number of rotatable bonds is 3. The number of urea groups is 1. The van der Waals surface area contributed by atoms with Crippen molar-refractivity contribution in [2.24, 2.45) is 5.41 Å². The lowest BCUT2D eigenvalue weighted by molar-refractivity contribution is -0.137. The fourth-order valence-corrected chi connectivity index (χ4v) is 5.11. The molecular formula is C24H24F3N5O2. The molecule has 3 amide bonds. The molecule has 0 saturated carbocycles. The summed E-state index contributed by atoms with van der Waals surface area (Å²) in [4.78, 5) is 33.5. The maximum absolute atomic E-state index is 13.6. The van der Waals surface area contributed by atoms with Crippen molar-refractivity contribution in [2.75, 3.05) is 18.0 Å². The normalized spacial score (nSPS) is 22.6. The minimum atomic E-state index is -4.50. The van der Waals surface area contributed by atoms with Crippen LogP contribution >= 0.6 is 0 Å². The molecule has 1 atom stereocenters. The van der Waals surface area contributed by atoms with Crippen LogP contribution in [0.25, 0.3) is 5.52 Å². The highest BCUT2D eigenvalue weighted by Gasteiger charge is 2.61. The number of amides is 3. The number of hydrogen-bond acceptors (Lipinski definition) is 4. The number of benzene rings is 1. The molecule has 2 fully saturated rings. The summed E-state index contributed by atoms with van der Waals surface area (Å²) in [6, 6.07) is 11.0. The van der Waals surface area contributed by atoms with Gasteiger partial charge in [-0.25, -0.2) is 9.78 Å². The molecule has 1 unspecified atom stereocenters. The second-order valence-corrected chi connectivity index (χ2v) is 9.56. The van der Waals surface area contributed by atoms with Crippen LogP contribution in [0.2, 0.25) is 0 Å². The molecule has 0 radical (unpaired) electrons. The molecule has 2 aliphatic heterocycles. The van der Waals surface area contributed by atoms with Crippen LogP contribution < -0.4 is 10.2 Å². The SMILES string of the molecule is CC1(C)CN(c2cc(C(F)(F)F)cc3cncn23)CCC12NC(=O)N(Cc1ccccc1)C2=O. The minimum Gasteiger partial charge on any atom is -0.357 e. The summed E-state index contributed by atoms with van der Waals surface area (Å²) in [5.41, 5.74) is -1.48. The largest absolute Gasteiger partial charge is 0.416 e. The molecular weight excluding hydrogens is 447 g/mol. The van der Waals surface area contributed by atoms with Crippen LogP contribution in [0.3, 0.4) is 0 Å². The molecule has 178 valence electrons. The van der Waals surface area contributed by atoms with E-state index >= 15 is 0 Å². The van der Waals surface area contributed by atoms with Crippen LogP contribution in [-0.2, 0) is 17.5 Å². The smallest absolute Gasteiger partial charge is 0.357 e. The van der Waals surface area contributed by atoms with Crippen LogP contribution in [0.15, 0.2) is 55.0 Å². The van der Waals surface area contributed by atoms with E-state index in [1.54, 1.807) is 4.40 Å². The van der Waals surface area contributed by atoms with Gasteiger partial charge in [-0.3, -0.25) is 14.1 Å². The lowest BCUT2D eigenvalue weighted by Gasteiger charge is -2.50. The summed E-state index contributed by atoms with van der Waals surface area (Å²) in [6.07, 6.45) is -1.37. The van der Waals surface area contributed by atoms with Crippen molar-refractivity contribution in [3.05, 3.63) is 66.1 Å². The quantitative estimate of drug-likeness (QED) is 0.585. The zero-order valence-corrected chi connectivity index (χ0v) is 18.8. The van der Waals surface area contributed by atoms with Gasteiger partial charge in [-0.15, -0.1) is 0 Å². The number of aromatic nitrogens is 2. The van der Waals surface area contributed by atoms with Crippen LogP contribution in [0.1, 0.15) is 31.4 Å². The number of halogens is 3. The predicted molar refractivity (Wildman–Crippen MR) is 119 cm³/mol. The molecule has 2 aliphatic rings. The van der Waals surface area contributed by atoms with Gasteiger partial charge in [-0.2, -0.15) is 13.2 Å². The third kappa shape index (κ3) is 3.39. The van der Waals surface area contributed by atoms with Gasteiger partial charge in [0.2, 0.25) is 0 Å². The number of imidazole rings is 1. The van der Waals surface area contributed by atoms with Crippen molar-refractivity contribution in [1.29, 1.82) is 0 Å². The lowest BCUT2D eigenvalue weighted by Crippen LogP contribution is -2.66. The Morgan fingerprint density at radius 2 is 1.85 bits per heavy atom. The molecule has 0 aliphatic carbocycles. The highest BCUT2D eigenvalue weighted by molar-refractivity contribution is 6.07. The number of pyridine rings is 1. The Morgan fingerprint density at radius 1 is 1.12 bits per heavy atom. The molecule has 10 heteroatoms. The highest BCUT2D eigenvalue weighted by Crippen LogP contribution is 2.45. The zero-order valence-electron chi connectivity index (χ0n) is 18.8. The molecule has 7 nitrogen and oxygen atoms in total. The topological polar surface area (TPSA) is 70.0 Å². The van der Waals surface area contributed by atoms with Gasteiger partial charge >= 0.3 is 12.2 Å². The second kappa shape index (κ2) is 7.48. The van der Waals surface area contributed by atoms with E-state index < -0.39 is 28.7 Å². The van der Waals surface area contributed by atoms with E-state index in [0.29, 0.717) is 17.9 Å². The molecule has 4 heterocycles. The zero-order chi connectivity index (χ0) is 24.3. The molecule has 0 bridgehead atoms. The highest BCUT2D eigenvalue weighted by atomic mass is 19.4. The number of nitrogens with zero attached hydrogens (tertiary/aromatic N) is 4. The van der Waals surface area contributed by atoms with Crippen LogP contribution in [0.4, 0.5) is 23.8 Å². The Balaban J connectivity index is 1.46. The summed E-state index contributed by atoms with van der Waals surface area (Å²) < 4.78 is 42.2. The molecule has 1 N–H and O–H groups in total. The van der Waals surface area contributed by atoms with Gasteiger partial charge < -0.3 is 10.2 Å². The first-order valence-electron chi connectivity index (χ1n) is 11.0. The Labute approximate surface area is 194 Å². The third-order valence-electron chi connectivity index (χ3n) is 7.01. The molecule has 3 aromatic rings. The van der Waals surface area contributed by atoms with Gasteiger partial charge in [0.05, 0.1) is 23.8 Å². The van der Waals surface area contributed by atoms with Crippen LogP contribution in [0, 0.1) is 5.41 Å². The molecule has 2 aromatic heterocycles. The van der Waals surface area contributed by atoms with Crippen LogP contribution in [-0.4, -0.2) is 44.9 Å². The number of anilines is 1. The monoisotopic (exact) mass is 471 g/mol. The molecule has 1 spiro atoms. The summed E-state index contributed by atoms with van der Waals surface area (Å²) >= 11 is 0. The van der Waals surface area contributed by atoms with Gasteiger partial charge in [0.15, 0.2) is 0 Å². The third-order valence-corrected chi connectivity index (χ3v) is 7.01. The molecule has 2 saturated heterocycles. The van der Waals surface area contributed by atoms with E-state index in [9.17, 15) is 22.8 Å². The number of hydrogen-bond donors (Lipinski definition) is 1. The molecule has 1 aromatic carbocycles. The minimum absolute atomic E-state index is 0.163. The Kier molecular flexibility index (Phi) is 4.89. The first-order valence-corrected chi connectivity index (χ1v) is 11.0. The standard InChI is InChI=1S/C24H24F3N5O2/c1-22(2)14-30(19-11-17(24(25,26)27)10-18-12-28-15-32(18)19)9-8-23(22)20(33)31(21(34)29-23)13-16-6-4-3-5-7-16/h3-7,10-12,15H,8-9,13-14H2,1-2H3,(H,29,34). The fraction of sp³-hybridized carbons (Fsp3) is 0.375. The van der Waals surface area contributed by atoms with Crippen molar-refractivity contribution in [3.63, 3.8) is 0 Å².